The van der Waals surface area contributed by atoms with Gasteiger partial charge in [0.25, 0.3) is 0 Å². The maximum Gasteiger partial charge on any atom is 0.236 e. The van der Waals surface area contributed by atoms with Crippen molar-refractivity contribution in [2.45, 2.75) is 31.3 Å². The predicted octanol–water partition coefficient (Wildman–Crippen LogP) is 4.20. The monoisotopic (exact) mass is 412 g/mol. The van der Waals surface area contributed by atoms with E-state index >= 15 is 0 Å². The van der Waals surface area contributed by atoms with Crippen LogP contribution in [-0.4, -0.2) is 17.1 Å². The molecule has 0 radical (unpaired) electrons. The molecule has 0 fully saturated rings. The SMILES string of the molecule is COc1nc(CC(C)C)c(OCc2ccccc2)nc1CI. The molecule has 5 heteroatoms. The quantitative estimate of drug-likeness (QED) is 0.505. The zero-order valence-corrected chi connectivity index (χ0v) is 15.3. The van der Waals surface area contributed by atoms with E-state index in [4.69, 9.17) is 9.47 Å². The molecule has 4 nitrogen and oxygen atoms in total. The summed E-state index contributed by atoms with van der Waals surface area (Å²) >= 11 is 2.26. The maximum absolute atomic E-state index is 5.93. The number of ether oxygens (including phenoxy) is 2. The molecule has 0 atom stereocenters. The van der Waals surface area contributed by atoms with Gasteiger partial charge >= 0.3 is 0 Å². The lowest BCUT2D eigenvalue weighted by molar-refractivity contribution is 0.282. The third-order valence-electron chi connectivity index (χ3n) is 3.11. The van der Waals surface area contributed by atoms with E-state index in [0.29, 0.717) is 24.3 Å². The van der Waals surface area contributed by atoms with Crippen molar-refractivity contribution in [1.82, 2.24) is 9.97 Å². The Morgan fingerprint density at radius 2 is 1.73 bits per heavy atom. The standard InChI is InChI=1S/C17H21IN2O2/c1-12(2)9-14-17(20-15(10-18)16(19-14)21-3)22-11-13-7-5-4-6-8-13/h4-8,12H,9-11H2,1-3H3. The van der Waals surface area contributed by atoms with Crippen LogP contribution in [0.3, 0.4) is 0 Å². The Balaban J connectivity index is 2.26. The highest BCUT2D eigenvalue weighted by Gasteiger charge is 2.16. The summed E-state index contributed by atoms with van der Waals surface area (Å²) in [6.45, 7) is 4.80. The number of alkyl halides is 1. The second-order valence-corrected chi connectivity index (χ2v) is 6.20. The highest BCUT2D eigenvalue weighted by Crippen LogP contribution is 2.26. The fourth-order valence-corrected chi connectivity index (χ4v) is 2.58. The Morgan fingerprint density at radius 1 is 1.05 bits per heavy atom. The summed E-state index contributed by atoms with van der Waals surface area (Å²) in [7, 11) is 1.63. The first kappa shape index (κ1) is 17.0. The third kappa shape index (κ3) is 4.56. The molecule has 1 aromatic carbocycles. The van der Waals surface area contributed by atoms with Gasteiger partial charge in [-0.05, 0) is 17.9 Å². The molecule has 0 saturated heterocycles. The molecular formula is C17H21IN2O2. The van der Waals surface area contributed by atoms with Crippen LogP contribution >= 0.6 is 22.6 Å². The second kappa shape index (κ2) is 8.31. The van der Waals surface area contributed by atoms with Gasteiger partial charge in [0.2, 0.25) is 11.8 Å². The first-order chi connectivity index (χ1) is 10.6. The summed E-state index contributed by atoms with van der Waals surface area (Å²) in [6, 6.07) is 10.1. The van der Waals surface area contributed by atoms with E-state index in [1.807, 2.05) is 30.3 Å². The van der Waals surface area contributed by atoms with E-state index in [1.54, 1.807) is 7.11 Å². The molecule has 1 heterocycles. The third-order valence-corrected chi connectivity index (χ3v) is 3.83. The number of nitrogens with zero attached hydrogens (tertiary/aromatic N) is 2. The molecule has 0 bridgehead atoms. The van der Waals surface area contributed by atoms with Crippen LogP contribution in [0.15, 0.2) is 30.3 Å². The van der Waals surface area contributed by atoms with Crippen LogP contribution in [0, 0.1) is 5.92 Å². The lowest BCUT2D eigenvalue weighted by atomic mass is 10.1. The topological polar surface area (TPSA) is 44.2 Å². The van der Waals surface area contributed by atoms with Gasteiger partial charge in [0, 0.05) is 4.43 Å². The van der Waals surface area contributed by atoms with Gasteiger partial charge in [-0.1, -0.05) is 66.8 Å². The number of hydrogen-bond donors (Lipinski definition) is 0. The molecular weight excluding hydrogens is 391 g/mol. The summed E-state index contributed by atoms with van der Waals surface area (Å²) in [5.41, 5.74) is 2.79. The van der Waals surface area contributed by atoms with Crippen molar-refractivity contribution in [1.29, 1.82) is 0 Å². The number of rotatable bonds is 7. The molecule has 2 aromatic rings. The predicted molar refractivity (Wildman–Crippen MR) is 95.6 cm³/mol. The van der Waals surface area contributed by atoms with Crippen LogP contribution in [0.2, 0.25) is 0 Å². The first-order valence-corrected chi connectivity index (χ1v) is 8.83. The fraction of sp³-hybridized carbons (Fsp3) is 0.412. The molecule has 0 saturated carbocycles. The Kier molecular flexibility index (Phi) is 6.42. The normalized spacial score (nSPS) is 10.8. The fourth-order valence-electron chi connectivity index (χ4n) is 2.08. The van der Waals surface area contributed by atoms with Crippen LogP contribution in [0.4, 0.5) is 0 Å². The number of aromatic nitrogens is 2. The minimum Gasteiger partial charge on any atom is -0.480 e. The molecule has 118 valence electrons. The van der Waals surface area contributed by atoms with E-state index in [2.05, 4.69) is 46.4 Å². The summed E-state index contributed by atoms with van der Waals surface area (Å²) in [4.78, 5) is 9.21. The van der Waals surface area contributed by atoms with Crippen molar-refractivity contribution in [2.75, 3.05) is 7.11 Å². The van der Waals surface area contributed by atoms with Gasteiger partial charge in [-0.15, -0.1) is 0 Å². The number of methoxy groups -OCH3 is 1. The molecule has 0 aliphatic carbocycles. The maximum atomic E-state index is 5.93. The minimum atomic E-state index is 0.475. The molecule has 1 aromatic heterocycles. The highest BCUT2D eigenvalue weighted by atomic mass is 127. The van der Waals surface area contributed by atoms with Crippen LogP contribution in [0.25, 0.3) is 0 Å². The van der Waals surface area contributed by atoms with Crippen molar-refractivity contribution in [2.24, 2.45) is 5.92 Å². The van der Waals surface area contributed by atoms with Gasteiger partial charge in [0.15, 0.2) is 0 Å². The molecule has 0 amide bonds. The van der Waals surface area contributed by atoms with Gasteiger partial charge < -0.3 is 9.47 Å². The van der Waals surface area contributed by atoms with Crippen LogP contribution in [-0.2, 0) is 17.5 Å². The largest absolute Gasteiger partial charge is 0.480 e. The smallest absolute Gasteiger partial charge is 0.236 e. The molecule has 0 unspecified atom stereocenters. The number of benzene rings is 1. The van der Waals surface area contributed by atoms with E-state index in [0.717, 1.165) is 27.8 Å². The van der Waals surface area contributed by atoms with Crippen LogP contribution in [0.5, 0.6) is 11.8 Å². The lowest BCUT2D eigenvalue weighted by Gasteiger charge is -2.14. The van der Waals surface area contributed by atoms with Crippen LogP contribution < -0.4 is 9.47 Å². The summed E-state index contributed by atoms with van der Waals surface area (Å²) in [5.74, 6) is 1.69. The van der Waals surface area contributed by atoms with E-state index < -0.39 is 0 Å². The zero-order valence-electron chi connectivity index (χ0n) is 13.2. The highest BCUT2D eigenvalue weighted by molar-refractivity contribution is 14.1. The molecule has 0 spiro atoms. The average molecular weight is 412 g/mol. The van der Waals surface area contributed by atoms with Crippen molar-refractivity contribution in [3.05, 3.63) is 47.3 Å². The van der Waals surface area contributed by atoms with Crippen molar-refractivity contribution >= 4 is 22.6 Å². The number of halogens is 1. The van der Waals surface area contributed by atoms with Crippen LogP contribution in [0.1, 0.15) is 30.8 Å². The zero-order chi connectivity index (χ0) is 15.9. The Bertz CT molecular complexity index is 603. The van der Waals surface area contributed by atoms with E-state index in [1.165, 1.54) is 0 Å². The Hall–Kier alpha value is -1.37. The van der Waals surface area contributed by atoms with Crippen molar-refractivity contribution in [3.8, 4) is 11.8 Å². The molecule has 0 N–H and O–H groups in total. The first-order valence-electron chi connectivity index (χ1n) is 7.30. The molecule has 22 heavy (non-hydrogen) atoms. The van der Waals surface area contributed by atoms with E-state index in [9.17, 15) is 0 Å². The molecule has 0 aliphatic rings. The number of hydrogen-bond acceptors (Lipinski definition) is 4. The average Bonchev–Trinajstić information content (AvgIpc) is 2.53. The second-order valence-electron chi connectivity index (χ2n) is 5.44. The van der Waals surface area contributed by atoms with Gasteiger partial charge in [-0.3, -0.25) is 0 Å². The van der Waals surface area contributed by atoms with E-state index in [-0.39, 0.29) is 0 Å². The molecule has 2 rings (SSSR count). The minimum absolute atomic E-state index is 0.475. The van der Waals surface area contributed by atoms with Gasteiger partial charge in [-0.25, -0.2) is 9.97 Å². The molecule has 0 aliphatic heterocycles. The Morgan fingerprint density at radius 3 is 2.32 bits per heavy atom. The van der Waals surface area contributed by atoms with Gasteiger partial charge in [0.05, 0.1) is 7.11 Å². The summed E-state index contributed by atoms with van der Waals surface area (Å²) in [5, 5.41) is 0. The van der Waals surface area contributed by atoms with Crippen molar-refractivity contribution < 1.29 is 9.47 Å². The summed E-state index contributed by atoms with van der Waals surface area (Å²) in [6.07, 6.45) is 0.814. The summed E-state index contributed by atoms with van der Waals surface area (Å²) < 4.78 is 12.0. The lowest BCUT2D eigenvalue weighted by Crippen LogP contribution is -2.09. The van der Waals surface area contributed by atoms with Crippen molar-refractivity contribution in [3.63, 3.8) is 0 Å². The Labute approximate surface area is 145 Å². The van der Waals surface area contributed by atoms with Gasteiger partial charge in [0.1, 0.15) is 18.0 Å². The van der Waals surface area contributed by atoms with Gasteiger partial charge in [-0.2, -0.15) is 0 Å².